The lowest BCUT2D eigenvalue weighted by atomic mass is 10.1. The Kier molecular flexibility index (Phi) is 5.41. The lowest BCUT2D eigenvalue weighted by molar-refractivity contribution is -0.128. The maximum atomic E-state index is 12.2. The highest BCUT2D eigenvalue weighted by molar-refractivity contribution is 8.00. The van der Waals surface area contributed by atoms with E-state index in [1.165, 1.54) is 16.6 Å². The van der Waals surface area contributed by atoms with E-state index in [1.54, 1.807) is 30.3 Å². The summed E-state index contributed by atoms with van der Waals surface area (Å²) in [6.07, 6.45) is 0.638. The van der Waals surface area contributed by atoms with Gasteiger partial charge in [0.25, 0.3) is 5.22 Å². The van der Waals surface area contributed by atoms with Crippen molar-refractivity contribution in [3.05, 3.63) is 28.3 Å². The van der Waals surface area contributed by atoms with Crippen molar-refractivity contribution in [1.29, 1.82) is 0 Å². The van der Waals surface area contributed by atoms with Gasteiger partial charge in [0.15, 0.2) is 0 Å². The van der Waals surface area contributed by atoms with Crippen LogP contribution in [0.1, 0.15) is 24.6 Å². The van der Waals surface area contributed by atoms with Gasteiger partial charge in [0, 0.05) is 19.0 Å². The molecule has 0 N–H and O–H groups in total. The maximum absolute atomic E-state index is 12.2. The van der Waals surface area contributed by atoms with Crippen molar-refractivity contribution < 1.29 is 9.21 Å². The molecule has 0 spiro atoms. The van der Waals surface area contributed by atoms with E-state index in [1.807, 2.05) is 31.4 Å². The molecule has 0 saturated heterocycles. The van der Waals surface area contributed by atoms with Crippen LogP contribution in [-0.4, -0.2) is 40.3 Å². The summed E-state index contributed by atoms with van der Waals surface area (Å²) in [5.41, 5.74) is 0. The molecule has 0 radical (unpaired) electrons. The molecule has 7 heteroatoms. The van der Waals surface area contributed by atoms with Crippen LogP contribution < -0.4 is 0 Å². The molecule has 21 heavy (non-hydrogen) atoms. The summed E-state index contributed by atoms with van der Waals surface area (Å²) in [5, 5.41) is 10.4. The first kappa shape index (κ1) is 16.0. The van der Waals surface area contributed by atoms with Crippen LogP contribution in [0.2, 0.25) is 0 Å². The van der Waals surface area contributed by atoms with Crippen LogP contribution in [0.5, 0.6) is 0 Å². The Morgan fingerprint density at radius 2 is 2.19 bits per heavy atom. The lowest BCUT2D eigenvalue weighted by Gasteiger charge is -2.21. The van der Waals surface area contributed by atoms with Gasteiger partial charge in [-0.05, 0) is 17.4 Å². The Labute approximate surface area is 132 Å². The molecule has 1 unspecified atom stereocenters. The van der Waals surface area contributed by atoms with Crippen LogP contribution in [0, 0.1) is 5.92 Å². The van der Waals surface area contributed by atoms with Crippen LogP contribution in [-0.2, 0) is 11.2 Å². The van der Waals surface area contributed by atoms with E-state index in [4.69, 9.17) is 4.42 Å². The molecule has 0 bridgehead atoms. The van der Waals surface area contributed by atoms with E-state index >= 15 is 0 Å². The highest BCUT2D eigenvalue weighted by Gasteiger charge is 2.27. The van der Waals surface area contributed by atoms with Gasteiger partial charge in [-0.2, -0.15) is 0 Å². The van der Waals surface area contributed by atoms with Gasteiger partial charge in [-0.3, -0.25) is 4.79 Å². The van der Waals surface area contributed by atoms with Crippen molar-refractivity contribution >= 4 is 29.0 Å². The number of amides is 1. The fourth-order valence-electron chi connectivity index (χ4n) is 1.75. The maximum Gasteiger partial charge on any atom is 0.277 e. The predicted molar refractivity (Wildman–Crippen MR) is 84.6 cm³/mol. The van der Waals surface area contributed by atoms with Crippen LogP contribution >= 0.6 is 23.1 Å². The molecule has 0 saturated carbocycles. The molecule has 0 aliphatic rings. The SMILES string of the molecule is CC(C)C(Sc1nnc(Cc2cccs2)o1)C(=O)N(C)C. The van der Waals surface area contributed by atoms with Gasteiger partial charge in [-0.1, -0.05) is 31.7 Å². The van der Waals surface area contributed by atoms with Gasteiger partial charge >= 0.3 is 0 Å². The third kappa shape index (κ3) is 4.31. The smallest absolute Gasteiger partial charge is 0.277 e. The molecule has 2 aromatic rings. The van der Waals surface area contributed by atoms with Crippen LogP contribution in [0.15, 0.2) is 27.2 Å². The molecule has 5 nitrogen and oxygen atoms in total. The van der Waals surface area contributed by atoms with Crippen molar-refractivity contribution in [3.8, 4) is 0 Å². The highest BCUT2D eigenvalue weighted by atomic mass is 32.2. The number of aromatic nitrogens is 2. The molecule has 0 aromatic carbocycles. The molecule has 0 aliphatic carbocycles. The van der Waals surface area contributed by atoms with Crippen LogP contribution in [0.3, 0.4) is 0 Å². The number of thioether (sulfide) groups is 1. The zero-order valence-electron chi connectivity index (χ0n) is 12.6. The van der Waals surface area contributed by atoms with Crippen molar-refractivity contribution in [3.63, 3.8) is 0 Å². The average Bonchev–Trinajstić information content (AvgIpc) is 3.07. The normalized spacial score (nSPS) is 12.6. The largest absolute Gasteiger partial charge is 0.416 e. The predicted octanol–water partition coefficient (Wildman–Crippen LogP) is 2.93. The van der Waals surface area contributed by atoms with Gasteiger partial charge in [-0.25, -0.2) is 0 Å². The van der Waals surface area contributed by atoms with Crippen molar-refractivity contribution in [1.82, 2.24) is 15.1 Å². The third-order valence-corrected chi connectivity index (χ3v) is 5.11. The van der Waals surface area contributed by atoms with Gasteiger partial charge in [0.1, 0.15) is 0 Å². The van der Waals surface area contributed by atoms with E-state index in [0.29, 0.717) is 17.5 Å². The average molecular weight is 325 g/mol. The minimum atomic E-state index is -0.213. The fourth-order valence-corrected chi connectivity index (χ4v) is 3.48. The van der Waals surface area contributed by atoms with Gasteiger partial charge in [-0.15, -0.1) is 21.5 Å². The molecule has 0 fully saturated rings. The van der Waals surface area contributed by atoms with Crippen molar-refractivity contribution in [2.45, 2.75) is 30.7 Å². The minimum Gasteiger partial charge on any atom is -0.416 e. The zero-order chi connectivity index (χ0) is 15.4. The Morgan fingerprint density at radius 1 is 1.43 bits per heavy atom. The molecule has 2 aromatic heterocycles. The lowest BCUT2D eigenvalue weighted by Crippen LogP contribution is -2.34. The summed E-state index contributed by atoms with van der Waals surface area (Å²) in [7, 11) is 3.52. The third-order valence-electron chi connectivity index (χ3n) is 2.87. The second-order valence-corrected chi connectivity index (χ2v) is 7.36. The number of hydrogen-bond acceptors (Lipinski definition) is 6. The number of carbonyl (C=O) groups is 1. The zero-order valence-corrected chi connectivity index (χ0v) is 14.2. The number of carbonyl (C=O) groups excluding carboxylic acids is 1. The Hall–Kier alpha value is -1.34. The first-order chi connectivity index (χ1) is 9.97. The number of hydrogen-bond donors (Lipinski definition) is 0. The molecular weight excluding hydrogens is 306 g/mol. The van der Waals surface area contributed by atoms with E-state index in [0.717, 1.165) is 0 Å². The molecule has 1 atom stereocenters. The highest BCUT2D eigenvalue weighted by Crippen LogP contribution is 2.28. The monoisotopic (exact) mass is 325 g/mol. The molecule has 2 rings (SSSR count). The number of thiophene rings is 1. The minimum absolute atomic E-state index is 0.0630. The molecular formula is C14H19N3O2S2. The first-order valence-electron chi connectivity index (χ1n) is 6.70. The summed E-state index contributed by atoms with van der Waals surface area (Å²) < 4.78 is 5.64. The Bertz CT molecular complexity index is 579. The summed E-state index contributed by atoms with van der Waals surface area (Å²) >= 11 is 3.00. The van der Waals surface area contributed by atoms with Gasteiger partial charge in [0.05, 0.1) is 11.7 Å². The number of rotatable bonds is 6. The summed E-state index contributed by atoms with van der Waals surface area (Å²) in [4.78, 5) is 14.9. The summed E-state index contributed by atoms with van der Waals surface area (Å²) in [6.45, 7) is 4.03. The van der Waals surface area contributed by atoms with Gasteiger partial charge < -0.3 is 9.32 Å². The molecule has 2 heterocycles. The number of nitrogens with zero attached hydrogens (tertiary/aromatic N) is 3. The van der Waals surface area contributed by atoms with Crippen LogP contribution in [0.25, 0.3) is 0 Å². The quantitative estimate of drug-likeness (QED) is 0.764. The first-order valence-corrected chi connectivity index (χ1v) is 8.46. The fraction of sp³-hybridized carbons (Fsp3) is 0.500. The second kappa shape index (κ2) is 7.09. The van der Waals surface area contributed by atoms with E-state index in [2.05, 4.69) is 10.2 Å². The molecule has 114 valence electrons. The standard InChI is InChI=1S/C14H19N3O2S2/c1-9(2)12(13(18)17(3)4)21-14-16-15-11(19-14)8-10-6-5-7-20-10/h5-7,9,12H,8H2,1-4H3. The van der Waals surface area contributed by atoms with Crippen LogP contribution in [0.4, 0.5) is 0 Å². The Morgan fingerprint density at radius 3 is 2.76 bits per heavy atom. The second-order valence-electron chi connectivity index (χ2n) is 5.23. The Balaban J connectivity index is 2.04. The van der Waals surface area contributed by atoms with Gasteiger partial charge in [0.2, 0.25) is 11.8 Å². The summed E-state index contributed by atoms with van der Waals surface area (Å²) in [6, 6.07) is 4.03. The molecule has 0 aliphatic heterocycles. The van der Waals surface area contributed by atoms with E-state index in [-0.39, 0.29) is 17.1 Å². The van der Waals surface area contributed by atoms with Crippen molar-refractivity contribution in [2.75, 3.05) is 14.1 Å². The van der Waals surface area contributed by atoms with E-state index in [9.17, 15) is 4.79 Å². The van der Waals surface area contributed by atoms with E-state index < -0.39 is 0 Å². The summed E-state index contributed by atoms with van der Waals surface area (Å²) in [5.74, 6) is 0.838. The molecule has 1 amide bonds. The topological polar surface area (TPSA) is 59.2 Å². The van der Waals surface area contributed by atoms with Crippen molar-refractivity contribution in [2.24, 2.45) is 5.92 Å².